The Balaban J connectivity index is 1.68. The van der Waals surface area contributed by atoms with Crippen LogP contribution in [0, 0.1) is 10.1 Å². The summed E-state index contributed by atoms with van der Waals surface area (Å²) in [6, 6.07) is 11.5. The van der Waals surface area contributed by atoms with Crippen LogP contribution in [0.2, 0.25) is 0 Å². The molecule has 142 valence electrons. The Morgan fingerprint density at radius 1 is 1.32 bits per heavy atom. The minimum absolute atomic E-state index is 0.0126. The molecule has 0 saturated carbocycles. The van der Waals surface area contributed by atoms with Crippen molar-refractivity contribution in [3.05, 3.63) is 80.1 Å². The zero-order chi connectivity index (χ0) is 20.1. The predicted molar refractivity (Wildman–Crippen MR) is 113 cm³/mol. The molecule has 0 fully saturated rings. The highest BCUT2D eigenvalue weighted by Gasteiger charge is 2.13. The fourth-order valence-corrected chi connectivity index (χ4v) is 3.78. The lowest BCUT2D eigenvalue weighted by Gasteiger charge is -2.06. The Morgan fingerprint density at radius 2 is 2.14 bits per heavy atom. The lowest BCUT2D eigenvalue weighted by atomic mass is 10.2. The normalized spacial score (nSPS) is 10.9. The Morgan fingerprint density at radius 3 is 2.86 bits per heavy atom. The van der Waals surface area contributed by atoms with E-state index in [1.54, 1.807) is 30.3 Å². The van der Waals surface area contributed by atoms with Crippen LogP contribution in [0.5, 0.6) is 5.75 Å². The second kappa shape index (κ2) is 8.77. The summed E-state index contributed by atoms with van der Waals surface area (Å²) in [5.41, 5.74) is 3.22. The summed E-state index contributed by atoms with van der Waals surface area (Å²) in [6.45, 7) is 4.00. The van der Waals surface area contributed by atoms with Crippen LogP contribution in [0.1, 0.15) is 15.2 Å². The van der Waals surface area contributed by atoms with Gasteiger partial charge in [-0.15, -0.1) is 11.3 Å². The average Bonchev–Trinajstić information content (AvgIpc) is 3.10. The van der Waals surface area contributed by atoms with Crippen LogP contribution in [-0.2, 0) is 0 Å². The molecule has 3 aromatic rings. The van der Waals surface area contributed by atoms with Gasteiger partial charge < -0.3 is 4.74 Å². The molecule has 1 N–H and O–H groups in total. The number of hydrogen-bond acceptors (Lipinski definition) is 6. The number of hydrazone groups is 1. The van der Waals surface area contributed by atoms with Crippen molar-refractivity contribution >= 4 is 55.2 Å². The first kappa shape index (κ1) is 19.7. The molecule has 1 heterocycles. The molecule has 0 atom stereocenters. The molecule has 28 heavy (non-hydrogen) atoms. The summed E-state index contributed by atoms with van der Waals surface area (Å²) >= 11 is 4.66. The number of thiophene rings is 1. The van der Waals surface area contributed by atoms with Gasteiger partial charge in [0.15, 0.2) is 0 Å². The fraction of sp³-hybridized carbons (Fsp3) is 0.0526. The molecule has 9 heteroatoms. The summed E-state index contributed by atoms with van der Waals surface area (Å²) in [7, 11) is 0. The van der Waals surface area contributed by atoms with Gasteiger partial charge in [-0.1, -0.05) is 12.7 Å². The number of benzene rings is 2. The van der Waals surface area contributed by atoms with Crippen molar-refractivity contribution in [3.8, 4) is 5.75 Å². The quantitative estimate of drug-likeness (QED) is 0.235. The largest absolute Gasteiger partial charge is 0.488 e. The van der Waals surface area contributed by atoms with Crippen molar-refractivity contribution in [1.29, 1.82) is 0 Å². The van der Waals surface area contributed by atoms with Gasteiger partial charge in [-0.05, 0) is 51.8 Å². The predicted octanol–water partition coefficient (Wildman–Crippen LogP) is 4.90. The number of hydrogen-bond donors (Lipinski definition) is 1. The van der Waals surface area contributed by atoms with Gasteiger partial charge in [-0.3, -0.25) is 14.9 Å². The number of halogens is 1. The Labute approximate surface area is 172 Å². The summed E-state index contributed by atoms with van der Waals surface area (Å²) in [5.74, 6) is 0.297. The third kappa shape index (κ3) is 4.62. The number of nitro benzene ring substituents is 1. The average molecular weight is 460 g/mol. The summed E-state index contributed by atoms with van der Waals surface area (Å²) in [6.07, 6.45) is 3.17. The Hall–Kier alpha value is -3.04. The van der Waals surface area contributed by atoms with E-state index >= 15 is 0 Å². The molecule has 1 aromatic heterocycles. The number of carbonyl (C=O) groups is 1. The van der Waals surface area contributed by atoms with E-state index in [2.05, 4.69) is 33.0 Å². The van der Waals surface area contributed by atoms with Crippen molar-refractivity contribution < 1.29 is 14.5 Å². The van der Waals surface area contributed by atoms with E-state index in [4.69, 9.17) is 4.74 Å². The smallest absolute Gasteiger partial charge is 0.281 e. The molecule has 0 spiro atoms. The molecule has 1 amide bonds. The molecule has 7 nitrogen and oxygen atoms in total. The second-order valence-corrected chi connectivity index (χ2v) is 7.52. The number of ether oxygens (including phenoxy) is 1. The van der Waals surface area contributed by atoms with Crippen LogP contribution in [0.15, 0.2) is 64.7 Å². The van der Waals surface area contributed by atoms with Gasteiger partial charge in [0.2, 0.25) is 0 Å². The number of amides is 1. The summed E-state index contributed by atoms with van der Waals surface area (Å²) in [5, 5.41) is 15.5. The lowest BCUT2D eigenvalue weighted by Crippen LogP contribution is -2.16. The number of nitro groups is 1. The van der Waals surface area contributed by atoms with E-state index in [9.17, 15) is 14.9 Å². The van der Waals surface area contributed by atoms with Crippen LogP contribution in [-0.4, -0.2) is 23.7 Å². The van der Waals surface area contributed by atoms with E-state index in [1.807, 2.05) is 6.07 Å². The number of rotatable bonds is 7. The minimum atomic E-state index is -0.465. The van der Waals surface area contributed by atoms with E-state index in [0.29, 0.717) is 22.6 Å². The van der Waals surface area contributed by atoms with Gasteiger partial charge in [0.1, 0.15) is 12.4 Å². The van der Waals surface area contributed by atoms with Crippen LogP contribution in [0.4, 0.5) is 5.69 Å². The zero-order valence-electron chi connectivity index (χ0n) is 14.4. The molecule has 3 rings (SSSR count). The zero-order valence-corrected chi connectivity index (χ0v) is 16.8. The van der Waals surface area contributed by atoms with E-state index in [-0.39, 0.29) is 11.6 Å². The van der Waals surface area contributed by atoms with Gasteiger partial charge >= 0.3 is 0 Å². The standard InChI is InChI=1S/C19H14BrN3O4S/c1-2-7-27-16-5-3-12(8-15(16)20)11-21-22-19(24)18-10-13-9-14(23(25)26)4-6-17(13)28-18/h2-6,8-11H,1,7H2,(H,22,24)/b21-11-. The summed E-state index contributed by atoms with van der Waals surface area (Å²) in [4.78, 5) is 23.1. The topological polar surface area (TPSA) is 93.8 Å². The third-order valence-corrected chi connectivity index (χ3v) is 5.36. The maximum absolute atomic E-state index is 12.3. The molecule has 0 aliphatic rings. The first-order valence-corrected chi connectivity index (χ1v) is 9.63. The third-order valence-electron chi connectivity index (χ3n) is 3.63. The van der Waals surface area contributed by atoms with Crippen LogP contribution in [0.25, 0.3) is 10.1 Å². The van der Waals surface area contributed by atoms with Crippen LogP contribution >= 0.6 is 27.3 Å². The van der Waals surface area contributed by atoms with Crippen LogP contribution < -0.4 is 10.2 Å². The molecule has 0 unspecified atom stereocenters. The maximum Gasteiger partial charge on any atom is 0.281 e. The molecule has 0 bridgehead atoms. The Bertz CT molecular complexity index is 1090. The van der Waals surface area contributed by atoms with Crippen molar-refractivity contribution in [2.45, 2.75) is 0 Å². The lowest BCUT2D eigenvalue weighted by molar-refractivity contribution is -0.384. The van der Waals surface area contributed by atoms with E-state index < -0.39 is 4.92 Å². The van der Waals surface area contributed by atoms with Crippen molar-refractivity contribution in [1.82, 2.24) is 5.43 Å². The molecular weight excluding hydrogens is 446 g/mol. The van der Waals surface area contributed by atoms with Gasteiger partial charge in [-0.2, -0.15) is 5.10 Å². The Kier molecular flexibility index (Phi) is 6.17. The van der Waals surface area contributed by atoms with Crippen molar-refractivity contribution in [2.24, 2.45) is 5.10 Å². The van der Waals surface area contributed by atoms with Gasteiger partial charge in [0.25, 0.3) is 11.6 Å². The van der Waals surface area contributed by atoms with Gasteiger partial charge in [0.05, 0.1) is 20.5 Å². The highest BCUT2D eigenvalue weighted by molar-refractivity contribution is 9.10. The maximum atomic E-state index is 12.3. The SMILES string of the molecule is C=CCOc1ccc(/C=N\NC(=O)c2cc3cc([N+](=O)[O-])ccc3s2)cc1Br. The highest BCUT2D eigenvalue weighted by atomic mass is 79.9. The first-order chi connectivity index (χ1) is 13.5. The first-order valence-electron chi connectivity index (χ1n) is 8.02. The number of nitrogens with zero attached hydrogens (tertiary/aromatic N) is 2. The van der Waals surface area contributed by atoms with Gasteiger partial charge in [-0.25, -0.2) is 5.43 Å². The van der Waals surface area contributed by atoms with Crippen molar-refractivity contribution in [2.75, 3.05) is 6.61 Å². The van der Waals surface area contributed by atoms with E-state index in [0.717, 1.165) is 14.7 Å². The van der Waals surface area contributed by atoms with Crippen LogP contribution in [0.3, 0.4) is 0 Å². The number of non-ortho nitro benzene ring substituents is 1. The monoisotopic (exact) mass is 459 g/mol. The second-order valence-electron chi connectivity index (χ2n) is 5.58. The highest BCUT2D eigenvalue weighted by Crippen LogP contribution is 2.29. The summed E-state index contributed by atoms with van der Waals surface area (Å²) < 4.78 is 7.02. The van der Waals surface area contributed by atoms with E-state index in [1.165, 1.54) is 29.7 Å². The molecule has 0 radical (unpaired) electrons. The minimum Gasteiger partial charge on any atom is -0.488 e. The van der Waals surface area contributed by atoms with Crippen molar-refractivity contribution in [3.63, 3.8) is 0 Å². The van der Waals surface area contributed by atoms with Gasteiger partial charge in [0, 0.05) is 22.2 Å². The number of fused-ring (bicyclic) bond motifs is 1. The molecule has 2 aromatic carbocycles. The molecule has 0 aliphatic carbocycles. The molecule has 0 aliphatic heterocycles. The molecule has 0 saturated heterocycles. The number of nitrogens with one attached hydrogen (secondary N) is 1. The number of carbonyl (C=O) groups excluding carboxylic acids is 1. The molecular formula is C19H14BrN3O4S. The fourth-order valence-electron chi connectivity index (χ4n) is 2.34.